The van der Waals surface area contributed by atoms with Gasteiger partial charge in [0.2, 0.25) is 0 Å². The Bertz CT molecular complexity index is 421. The molecule has 0 spiro atoms. The summed E-state index contributed by atoms with van der Waals surface area (Å²) in [6.45, 7) is 4.84. The van der Waals surface area contributed by atoms with Crippen LogP contribution in [-0.4, -0.2) is 6.54 Å². The summed E-state index contributed by atoms with van der Waals surface area (Å²) in [6.07, 6.45) is 0. The van der Waals surface area contributed by atoms with E-state index in [1.807, 2.05) is 31.2 Å². The van der Waals surface area contributed by atoms with Gasteiger partial charge in [-0.05, 0) is 53.7 Å². The smallest absolute Gasteiger partial charge is 0.169 e. The molecule has 0 aromatic carbocycles. The minimum absolute atomic E-state index is 0.0231. The highest BCUT2D eigenvalue weighted by molar-refractivity contribution is 9.10. The molecule has 0 aliphatic carbocycles. The molecule has 4 heteroatoms. The zero-order chi connectivity index (χ0) is 11.5. The number of nitrogens with one attached hydrogen (secondary N) is 1. The van der Waals surface area contributed by atoms with Gasteiger partial charge in [0.15, 0.2) is 4.67 Å². The lowest BCUT2D eigenvalue weighted by atomic mass is 10.1. The van der Waals surface area contributed by atoms with Crippen LogP contribution in [0.4, 0.5) is 0 Å². The molecule has 2 heterocycles. The molecule has 0 saturated carbocycles. The Kier molecular flexibility index (Phi) is 3.51. The molecule has 0 radical (unpaired) electrons. The molecule has 0 fully saturated rings. The molecular weight excluding hydrogens is 270 g/mol. The van der Waals surface area contributed by atoms with Crippen molar-refractivity contribution in [2.45, 2.75) is 19.9 Å². The molecule has 0 saturated heterocycles. The van der Waals surface area contributed by atoms with Crippen molar-refractivity contribution in [3.8, 4) is 0 Å². The Morgan fingerprint density at radius 1 is 1.19 bits per heavy atom. The Balaban J connectivity index is 2.30. The summed E-state index contributed by atoms with van der Waals surface area (Å²) in [5.74, 6) is 2.63. The van der Waals surface area contributed by atoms with Gasteiger partial charge in [-0.3, -0.25) is 0 Å². The fourth-order valence-electron chi connectivity index (χ4n) is 1.64. The average Bonchev–Trinajstić information content (AvgIpc) is 2.84. The van der Waals surface area contributed by atoms with Crippen LogP contribution in [0.15, 0.2) is 37.8 Å². The highest BCUT2D eigenvalue weighted by Gasteiger charge is 2.19. The van der Waals surface area contributed by atoms with Crippen LogP contribution < -0.4 is 5.32 Å². The van der Waals surface area contributed by atoms with E-state index in [9.17, 15) is 0 Å². The van der Waals surface area contributed by atoms with E-state index in [4.69, 9.17) is 8.83 Å². The van der Waals surface area contributed by atoms with Crippen LogP contribution in [0.25, 0.3) is 0 Å². The number of hydrogen-bond acceptors (Lipinski definition) is 3. The number of hydrogen-bond donors (Lipinski definition) is 1. The van der Waals surface area contributed by atoms with Gasteiger partial charge in [-0.15, -0.1) is 0 Å². The van der Waals surface area contributed by atoms with E-state index >= 15 is 0 Å². The number of rotatable bonds is 4. The van der Waals surface area contributed by atoms with Crippen LogP contribution in [0.3, 0.4) is 0 Å². The van der Waals surface area contributed by atoms with E-state index in [1.54, 1.807) is 0 Å². The molecule has 0 amide bonds. The van der Waals surface area contributed by atoms with E-state index in [0.29, 0.717) is 0 Å². The third kappa shape index (κ3) is 2.39. The van der Waals surface area contributed by atoms with Crippen molar-refractivity contribution < 1.29 is 8.83 Å². The maximum atomic E-state index is 5.62. The number of aryl methyl sites for hydroxylation is 1. The lowest BCUT2D eigenvalue weighted by molar-refractivity contribution is 0.379. The van der Waals surface area contributed by atoms with Gasteiger partial charge in [0.25, 0.3) is 0 Å². The van der Waals surface area contributed by atoms with Crippen molar-refractivity contribution in [1.29, 1.82) is 0 Å². The highest BCUT2D eigenvalue weighted by Crippen LogP contribution is 2.27. The molecule has 16 heavy (non-hydrogen) atoms. The molecule has 2 rings (SSSR count). The van der Waals surface area contributed by atoms with Crippen molar-refractivity contribution in [2.24, 2.45) is 0 Å². The Morgan fingerprint density at radius 3 is 2.38 bits per heavy atom. The predicted octanol–water partition coefficient (Wildman–Crippen LogP) is 3.64. The van der Waals surface area contributed by atoms with Crippen LogP contribution in [0.5, 0.6) is 0 Å². The minimum atomic E-state index is -0.0231. The molecular formula is C12H14BrNO2. The fourth-order valence-corrected chi connectivity index (χ4v) is 1.96. The molecule has 2 aromatic heterocycles. The van der Waals surface area contributed by atoms with Crippen LogP contribution in [-0.2, 0) is 0 Å². The first-order valence-electron chi connectivity index (χ1n) is 5.25. The standard InChI is InChI=1S/C12H14BrNO2/c1-3-14-12(9-5-4-8(2)15-9)10-6-7-11(13)16-10/h4-7,12,14H,3H2,1-2H3. The van der Waals surface area contributed by atoms with Crippen molar-refractivity contribution in [1.82, 2.24) is 5.32 Å². The Morgan fingerprint density at radius 2 is 1.88 bits per heavy atom. The van der Waals surface area contributed by atoms with Gasteiger partial charge in [-0.2, -0.15) is 0 Å². The van der Waals surface area contributed by atoms with E-state index < -0.39 is 0 Å². The molecule has 1 unspecified atom stereocenters. The van der Waals surface area contributed by atoms with Gasteiger partial charge in [0.05, 0.1) is 0 Å². The van der Waals surface area contributed by atoms with Gasteiger partial charge in [0.1, 0.15) is 23.3 Å². The molecule has 0 bridgehead atoms. The lowest BCUT2D eigenvalue weighted by Crippen LogP contribution is -2.20. The highest BCUT2D eigenvalue weighted by atomic mass is 79.9. The summed E-state index contributed by atoms with van der Waals surface area (Å²) in [5, 5.41) is 3.33. The molecule has 3 nitrogen and oxygen atoms in total. The Labute approximate surface area is 103 Å². The largest absolute Gasteiger partial charge is 0.464 e. The predicted molar refractivity (Wildman–Crippen MR) is 65.4 cm³/mol. The van der Waals surface area contributed by atoms with Crippen LogP contribution in [0.2, 0.25) is 0 Å². The first-order valence-corrected chi connectivity index (χ1v) is 6.05. The molecule has 2 aromatic rings. The zero-order valence-electron chi connectivity index (χ0n) is 9.29. The summed E-state index contributed by atoms with van der Waals surface area (Å²) in [5.41, 5.74) is 0. The maximum absolute atomic E-state index is 5.62. The van der Waals surface area contributed by atoms with Crippen LogP contribution in [0.1, 0.15) is 30.2 Å². The summed E-state index contributed by atoms with van der Waals surface area (Å²) in [6, 6.07) is 7.73. The first kappa shape index (κ1) is 11.5. The van der Waals surface area contributed by atoms with E-state index in [2.05, 4.69) is 28.2 Å². The van der Waals surface area contributed by atoms with Crippen molar-refractivity contribution in [2.75, 3.05) is 6.54 Å². The lowest BCUT2D eigenvalue weighted by Gasteiger charge is -2.12. The molecule has 86 valence electrons. The molecule has 1 atom stereocenters. The van der Waals surface area contributed by atoms with Crippen LogP contribution >= 0.6 is 15.9 Å². The summed E-state index contributed by atoms with van der Waals surface area (Å²) in [4.78, 5) is 0. The molecule has 0 aliphatic heterocycles. The second kappa shape index (κ2) is 4.89. The van der Waals surface area contributed by atoms with E-state index in [-0.39, 0.29) is 6.04 Å². The van der Waals surface area contributed by atoms with Crippen molar-refractivity contribution in [3.05, 3.63) is 46.2 Å². The molecule has 1 N–H and O–H groups in total. The average molecular weight is 284 g/mol. The zero-order valence-corrected chi connectivity index (χ0v) is 10.9. The second-order valence-corrected chi connectivity index (χ2v) is 4.36. The minimum Gasteiger partial charge on any atom is -0.464 e. The van der Waals surface area contributed by atoms with E-state index in [0.717, 1.165) is 28.5 Å². The van der Waals surface area contributed by atoms with Crippen molar-refractivity contribution >= 4 is 15.9 Å². The number of halogens is 1. The topological polar surface area (TPSA) is 38.3 Å². The van der Waals surface area contributed by atoms with Gasteiger partial charge >= 0.3 is 0 Å². The summed E-state index contributed by atoms with van der Waals surface area (Å²) >= 11 is 3.30. The van der Waals surface area contributed by atoms with Gasteiger partial charge in [-0.25, -0.2) is 0 Å². The third-order valence-corrected chi connectivity index (χ3v) is 2.76. The second-order valence-electron chi connectivity index (χ2n) is 3.58. The Hall–Kier alpha value is -1.000. The van der Waals surface area contributed by atoms with Gasteiger partial charge in [0, 0.05) is 0 Å². The summed E-state index contributed by atoms with van der Waals surface area (Å²) < 4.78 is 11.9. The van der Waals surface area contributed by atoms with Crippen molar-refractivity contribution in [3.63, 3.8) is 0 Å². The summed E-state index contributed by atoms with van der Waals surface area (Å²) in [7, 11) is 0. The van der Waals surface area contributed by atoms with Gasteiger partial charge < -0.3 is 14.2 Å². The van der Waals surface area contributed by atoms with Crippen LogP contribution in [0, 0.1) is 6.92 Å². The SMILES string of the molecule is CCNC(c1ccc(C)o1)c1ccc(Br)o1. The fraction of sp³-hybridized carbons (Fsp3) is 0.333. The first-order chi connectivity index (χ1) is 7.70. The quantitative estimate of drug-likeness (QED) is 0.931. The number of furan rings is 2. The third-order valence-electron chi connectivity index (χ3n) is 2.33. The van der Waals surface area contributed by atoms with E-state index in [1.165, 1.54) is 0 Å². The van der Waals surface area contributed by atoms with Gasteiger partial charge in [-0.1, -0.05) is 6.92 Å². The maximum Gasteiger partial charge on any atom is 0.169 e. The monoisotopic (exact) mass is 283 g/mol. The molecule has 0 aliphatic rings. The normalized spacial score (nSPS) is 12.9.